The molecule has 0 unspecified atom stereocenters. The van der Waals surface area contributed by atoms with Crippen molar-refractivity contribution < 1.29 is 17.9 Å². The first-order valence-corrected chi connectivity index (χ1v) is 5.88. The molecule has 6 heteroatoms. The standard InChI is InChI=1S/C13H17F3N2O/c1-4-5-10(2)18(17-3)11-6-8-12(9-7-11)19-13(14,15)16/h6-9,17H,2,4-5H2,1,3H3. The summed E-state index contributed by atoms with van der Waals surface area (Å²) in [7, 11) is 1.72. The van der Waals surface area contributed by atoms with Crippen LogP contribution in [0, 0.1) is 0 Å². The molecule has 106 valence electrons. The van der Waals surface area contributed by atoms with Crippen molar-refractivity contribution in [3.63, 3.8) is 0 Å². The Kier molecular flexibility index (Phi) is 5.23. The molecule has 0 radical (unpaired) electrons. The molecule has 1 rings (SSSR count). The van der Waals surface area contributed by atoms with Gasteiger partial charge in [0.1, 0.15) is 5.75 Å². The van der Waals surface area contributed by atoms with E-state index in [1.54, 1.807) is 24.2 Å². The molecule has 0 atom stereocenters. The molecule has 0 saturated carbocycles. The smallest absolute Gasteiger partial charge is 0.406 e. The maximum Gasteiger partial charge on any atom is 0.573 e. The van der Waals surface area contributed by atoms with Gasteiger partial charge in [-0.05, 0) is 30.7 Å². The summed E-state index contributed by atoms with van der Waals surface area (Å²) >= 11 is 0. The van der Waals surface area contributed by atoms with Gasteiger partial charge < -0.3 is 4.74 Å². The van der Waals surface area contributed by atoms with Crippen LogP contribution in [0.25, 0.3) is 0 Å². The van der Waals surface area contributed by atoms with Crippen molar-refractivity contribution in [3.8, 4) is 5.75 Å². The highest BCUT2D eigenvalue weighted by molar-refractivity contribution is 5.52. The van der Waals surface area contributed by atoms with Crippen LogP contribution in [-0.4, -0.2) is 13.4 Å². The summed E-state index contributed by atoms with van der Waals surface area (Å²) in [4.78, 5) is 0. The van der Waals surface area contributed by atoms with Crippen LogP contribution in [0.15, 0.2) is 36.5 Å². The van der Waals surface area contributed by atoms with E-state index in [9.17, 15) is 13.2 Å². The molecule has 0 fully saturated rings. The van der Waals surface area contributed by atoms with Crippen molar-refractivity contribution in [3.05, 3.63) is 36.5 Å². The fourth-order valence-electron chi connectivity index (χ4n) is 1.67. The number of hydrogen-bond acceptors (Lipinski definition) is 3. The summed E-state index contributed by atoms with van der Waals surface area (Å²) < 4.78 is 39.9. The summed E-state index contributed by atoms with van der Waals surface area (Å²) in [6, 6.07) is 5.62. The van der Waals surface area contributed by atoms with Gasteiger partial charge in [0.05, 0.1) is 5.69 Å². The lowest BCUT2D eigenvalue weighted by Gasteiger charge is -2.25. The van der Waals surface area contributed by atoms with Crippen molar-refractivity contribution in [1.29, 1.82) is 0 Å². The summed E-state index contributed by atoms with van der Waals surface area (Å²) in [5.41, 5.74) is 4.49. The minimum atomic E-state index is -4.67. The van der Waals surface area contributed by atoms with E-state index in [2.05, 4.69) is 16.7 Å². The lowest BCUT2D eigenvalue weighted by Crippen LogP contribution is -2.33. The van der Waals surface area contributed by atoms with Crippen LogP contribution in [0.1, 0.15) is 19.8 Å². The number of anilines is 1. The van der Waals surface area contributed by atoms with Gasteiger partial charge in [-0.2, -0.15) is 0 Å². The van der Waals surface area contributed by atoms with Gasteiger partial charge in [-0.1, -0.05) is 19.9 Å². The van der Waals surface area contributed by atoms with Crippen LogP contribution < -0.4 is 15.2 Å². The van der Waals surface area contributed by atoms with Gasteiger partial charge in [-0.3, -0.25) is 5.01 Å². The minimum Gasteiger partial charge on any atom is -0.406 e. The zero-order valence-corrected chi connectivity index (χ0v) is 10.9. The molecule has 19 heavy (non-hydrogen) atoms. The highest BCUT2D eigenvalue weighted by Gasteiger charge is 2.31. The van der Waals surface area contributed by atoms with E-state index >= 15 is 0 Å². The van der Waals surface area contributed by atoms with Crippen molar-refractivity contribution >= 4 is 5.69 Å². The first-order chi connectivity index (χ1) is 8.87. The van der Waals surface area contributed by atoms with Crippen LogP contribution in [0.3, 0.4) is 0 Å². The van der Waals surface area contributed by atoms with Gasteiger partial charge in [0, 0.05) is 12.7 Å². The fourth-order valence-corrected chi connectivity index (χ4v) is 1.67. The third-order valence-electron chi connectivity index (χ3n) is 2.41. The van der Waals surface area contributed by atoms with E-state index in [0.29, 0.717) is 5.69 Å². The zero-order valence-electron chi connectivity index (χ0n) is 10.9. The first-order valence-electron chi connectivity index (χ1n) is 5.88. The van der Waals surface area contributed by atoms with Gasteiger partial charge in [-0.15, -0.1) is 13.2 Å². The number of alkyl halides is 3. The normalized spacial score (nSPS) is 11.2. The predicted octanol–water partition coefficient (Wildman–Crippen LogP) is 3.84. The second-order valence-electron chi connectivity index (χ2n) is 3.92. The lowest BCUT2D eigenvalue weighted by atomic mass is 10.2. The van der Waals surface area contributed by atoms with Crippen LogP contribution in [0.2, 0.25) is 0 Å². The third-order valence-corrected chi connectivity index (χ3v) is 2.41. The Bertz CT molecular complexity index is 415. The molecule has 1 aromatic carbocycles. The molecular weight excluding hydrogens is 257 g/mol. The Hall–Kier alpha value is -1.69. The number of nitrogens with one attached hydrogen (secondary N) is 1. The third kappa shape index (κ3) is 4.82. The molecule has 0 bridgehead atoms. The molecule has 0 amide bonds. The van der Waals surface area contributed by atoms with Gasteiger partial charge >= 0.3 is 6.36 Å². The van der Waals surface area contributed by atoms with Crippen molar-refractivity contribution in [2.24, 2.45) is 0 Å². The van der Waals surface area contributed by atoms with Crippen LogP contribution >= 0.6 is 0 Å². The van der Waals surface area contributed by atoms with E-state index in [1.165, 1.54) is 12.1 Å². The van der Waals surface area contributed by atoms with E-state index in [1.807, 2.05) is 6.92 Å². The first kappa shape index (κ1) is 15.4. The summed E-state index contributed by atoms with van der Waals surface area (Å²) in [6.07, 6.45) is -2.94. The van der Waals surface area contributed by atoms with Crippen molar-refractivity contribution in [1.82, 2.24) is 5.43 Å². The Labute approximate surface area is 110 Å². The molecule has 0 saturated heterocycles. The predicted molar refractivity (Wildman–Crippen MR) is 68.7 cm³/mol. The van der Waals surface area contributed by atoms with Gasteiger partial charge in [0.2, 0.25) is 0 Å². The second kappa shape index (κ2) is 6.47. The number of halogens is 3. The number of hydrogen-bond donors (Lipinski definition) is 1. The van der Waals surface area contributed by atoms with Crippen LogP contribution in [0.4, 0.5) is 18.9 Å². The number of nitrogens with zero attached hydrogens (tertiary/aromatic N) is 1. The molecule has 0 heterocycles. The van der Waals surface area contributed by atoms with Crippen molar-refractivity contribution in [2.75, 3.05) is 12.1 Å². The number of benzene rings is 1. The van der Waals surface area contributed by atoms with Crippen molar-refractivity contribution in [2.45, 2.75) is 26.1 Å². The molecule has 0 aliphatic rings. The highest BCUT2D eigenvalue weighted by Crippen LogP contribution is 2.26. The highest BCUT2D eigenvalue weighted by atomic mass is 19.4. The van der Waals surface area contributed by atoms with Gasteiger partial charge in [0.25, 0.3) is 0 Å². The topological polar surface area (TPSA) is 24.5 Å². The zero-order chi connectivity index (χ0) is 14.5. The van der Waals surface area contributed by atoms with E-state index in [-0.39, 0.29) is 5.75 Å². The molecule has 1 N–H and O–H groups in total. The Morgan fingerprint density at radius 2 is 1.89 bits per heavy atom. The second-order valence-corrected chi connectivity index (χ2v) is 3.92. The van der Waals surface area contributed by atoms with Crippen LogP contribution in [0.5, 0.6) is 5.75 Å². The largest absolute Gasteiger partial charge is 0.573 e. The molecular formula is C13H17F3N2O. The Balaban J connectivity index is 2.81. The molecule has 1 aromatic rings. The van der Waals surface area contributed by atoms with Gasteiger partial charge in [0.15, 0.2) is 0 Å². The van der Waals surface area contributed by atoms with Crippen LogP contribution in [-0.2, 0) is 0 Å². The SMILES string of the molecule is C=C(CCC)N(NC)c1ccc(OC(F)(F)F)cc1. The average Bonchev–Trinajstić information content (AvgIpc) is 2.30. The monoisotopic (exact) mass is 274 g/mol. The number of hydrazine groups is 1. The summed E-state index contributed by atoms with van der Waals surface area (Å²) in [5.74, 6) is -0.242. The number of rotatable bonds is 6. The lowest BCUT2D eigenvalue weighted by molar-refractivity contribution is -0.274. The number of allylic oxidation sites excluding steroid dienone is 1. The van der Waals surface area contributed by atoms with E-state index < -0.39 is 6.36 Å². The minimum absolute atomic E-state index is 0.242. The maximum absolute atomic E-state index is 12.0. The molecule has 0 spiro atoms. The summed E-state index contributed by atoms with van der Waals surface area (Å²) in [5, 5.41) is 1.72. The fraction of sp³-hybridized carbons (Fsp3) is 0.385. The summed E-state index contributed by atoms with van der Waals surface area (Å²) in [6.45, 7) is 5.95. The Morgan fingerprint density at radius 1 is 1.32 bits per heavy atom. The number of ether oxygens (including phenoxy) is 1. The average molecular weight is 274 g/mol. The molecule has 0 aliphatic heterocycles. The molecule has 0 aliphatic carbocycles. The van der Waals surface area contributed by atoms with Gasteiger partial charge in [-0.25, -0.2) is 5.43 Å². The van der Waals surface area contributed by atoms with E-state index in [4.69, 9.17) is 0 Å². The Morgan fingerprint density at radius 3 is 2.32 bits per heavy atom. The quantitative estimate of drug-likeness (QED) is 0.798. The molecule has 0 aromatic heterocycles. The van der Waals surface area contributed by atoms with E-state index in [0.717, 1.165) is 18.5 Å². The maximum atomic E-state index is 12.0. The molecule has 3 nitrogen and oxygen atoms in total.